The van der Waals surface area contributed by atoms with E-state index in [1.54, 1.807) is 13.3 Å². The number of halogens is 1. The maximum Gasteiger partial charge on any atom is 0.219 e. The average molecular weight is 432 g/mol. The summed E-state index contributed by atoms with van der Waals surface area (Å²) in [5.74, 6) is 1.01. The Balaban J connectivity index is 1.68. The van der Waals surface area contributed by atoms with E-state index in [-0.39, 0.29) is 5.91 Å². The molecule has 2 aromatic carbocycles. The van der Waals surface area contributed by atoms with Crippen molar-refractivity contribution in [1.29, 1.82) is 0 Å². The number of aromatic nitrogens is 3. The highest BCUT2D eigenvalue weighted by Gasteiger charge is 2.24. The third-order valence-corrected chi connectivity index (χ3v) is 5.99. The van der Waals surface area contributed by atoms with E-state index in [0.717, 1.165) is 46.8 Å². The lowest BCUT2D eigenvalue weighted by molar-refractivity contribution is -0.129. The first-order valence-corrected chi connectivity index (χ1v) is 10.7. The molecule has 5 rings (SSSR count). The summed E-state index contributed by atoms with van der Waals surface area (Å²) in [6.45, 7) is 4.48. The molecule has 0 bridgehead atoms. The van der Waals surface area contributed by atoms with Crippen LogP contribution in [-0.2, 0) is 4.79 Å². The second-order valence-electron chi connectivity index (χ2n) is 7.65. The molecule has 1 aliphatic rings. The highest BCUT2D eigenvalue weighted by Crippen LogP contribution is 2.37. The van der Waals surface area contributed by atoms with Crippen LogP contribution in [0.1, 0.15) is 6.92 Å². The minimum Gasteiger partial charge on any atom is -0.352 e. The summed E-state index contributed by atoms with van der Waals surface area (Å²) in [7, 11) is 0. The van der Waals surface area contributed by atoms with Gasteiger partial charge in [-0.25, -0.2) is 9.97 Å². The fraction of sp³-hybridized carbons (Fsp3) is 0.208. The van der Waals surface area contributed by atoms with Crippen LogP contribution in [0.15, 0.2) is 67.1 Å². The van der Waals surface area contributed by atoms with E-state index in [1.807, 2.05) is 47.4 Å². The Bertz CT molecular complexity index is 1250. The maximum absolute atomic E-state index is 11.7. The van der Waals surface area contributed by atoms with E-state index < -0.39 is 0 Å². The van der Waals surface area contributed by atoms with Crippen molar-refractivity contribution < 1.29 is 4.79 Å². The van der Waals surface area contributed by atoms with Gasteiger partial charge in [0.05, 0.1) is 5.39 Å². The van der Waals surface area contributed by atoms with Gasteiger partial charge in [-0.2, -0.15) is 0 Å². The predicted molar refractivity (Wildman–Crippen MR) is 124 cm³/mol. The number of fused-ring (bicyclic) bond motifs is 1. The van der Waals surface area contributed by atoms with Gasteiger partial charge in [0, 0.05) is 55.6 Å². The molecular weight excluding hydrogens is 410 g/mol. The van der Waals surface area contributed by atoms with Crippen LogP contribution in [-0.4, -0.2) is 51.5 Å². The Hall–Kier alpha value is -3.38. The second kappa shape index (κ2) is 8.04. The van der Waals surface area contributed by atoms with Crippen LogP contribution in [0, 0.1) is 0 Å². The molecule has 0 atom stereocenters. The van der Waals surface area contributed by atoms with Gasteiger partial charge in [-0.3, -0.25) is 4.79 Å². The largest absolute Gasteiger partial charge is 0.352 e. The summed E-state index contributed by atoms with van der Waals surface area (Å²) in [6, 6.07) is 18.0. The standard InChI is InChI=1S/C24H22ClN5O/c1-17(31)28-10-12-29(13-11-28)23-22-21(18-6-3-2-4-7-18)15-30(24(22)27-16-26-23)20-9-5-8-19(25)14-20/h2-9,14-16H,10-13H2,1H3. The van der Waals surface area contributed by atoms with Crippen LogP contribution >= 0.6 is 11.6 Å². The van der Waals surface area contributed by atoms with Crippen LogP contribution in [0.3, 0.4) is 0 Å². The molecule has 0 radical (unpaired) electrons. The van der Waals surface area contributed by atoms with Crippen molar-refractivity contribution in [2.24, 2.45) is 0 Å². The van der Waals surface area contributed by atoms with Crippen LogP contribution in [0.4, 0.5) is 5.82 Å². The second-order valence-corrected chi connectivity index (χ2v) is 8.08. The molecule has 0 saturated carbocycles. The summed E-state index contributed by atoms with van der Waals surface area (Å²) in [5.41, 5.74) is 3.96. The van der Waals surface area contributed by atoms with Crippen molar-refractivity contribution in [3.05, 3.63) is 72.1 Å². The van der Waals surface area contributed by atoms with Gasteiger partial charge in [0.2, 0.25) is 5.91 Å². The summed E-state index contributed by atoms with van der Waals surface area (Å²) >= 11 is 6.28. The van der Waals surface area contributed by atoms with Crippen molar-refractivity contribution in [2.75, 3.05) is 31.1 Å². The Kier molecular flexibility index (Phi) is 5.08. The van der Waals surface area contributed by atoms with E-state index in [9.17, 15) is 4.79 Å². The number of rotatable bonds is 3. The maximum atomic E-state index is 11.7. The van der Waals surface area contributed by atoms with Gasteiger partial charge in [-0.15, -0.1) is 0 Å². The summed E-state index contributed by atoms with van der Waals surface area (Å²) < 4.78 is 2.07. The molecule has 31 heavy (non-hydrogen) atoms. The molecule has 0 unspecified atom stereocenters. The Morgan fingerprint density at radius 2 is 1.74 bits per heavy atom. The zero-order valence-electron chi connectivity index (χ0n) is 17.2. The first kappa shape index (κ1) is 19.6. The number of hydrogen-bond acceptors (Lipinski definition) is 4. The molecule has 6 nitrogen and oxygen atoms in total. The third kappa shape index (κ3) is 3.64. The van der Waals surface area contributed by atoms with E-state index in [4.69, 9.17) is 11.6 Å². The minimum atomic E-state index is 0.115. The van der Waals surface area contributed by atoms with E-state index in [2.05, 4.69) is 37.8 Å². The number of piperazine rings is 1. The van der Waals surface area contributed by atoms with Gasteiger partial charge in [0.25, 0.3) is 0 Å². The predicted octanol–water partition coefficient (Wildman–Crippen LogP) is 4.41. The van der Waals surface area contributed by atoms with Gasteiger partial charge in [-0.05, 0) is 23.8 Å². The summed E-state index contributed by atoms with van der Waals surface area (Å²) in [6.07, 6.45) is 3.72. The smallest absolute Gasteiger partial charge is 0.219 e. The van der Waals surface area contributed by atoms with Gasteiger partial charge < -0.3 is 14.4 Å². The van der Waals surface area contributed by atoms with E-state index >= 15 is 0 Å². The molecule has 7 heteroatoms. The third-order valence-electron chi connectivity index (χ3n) is 5.76. The Morgan fingerprint density at radius 3 is 2.45 bits per heavy atom. The minimum absolute atomic E-state index is 0.115. The molecule has 1 saturated heterocycles. The lowest BCUT2D eigenvalue weighted by Gasteiger charge is -2.35. The molecule has 0 spiro atoms. The Labute approximate surface area is 185 Å². The van der Waals surface area contributed by atoms with Gasteiger partial charge in [0.1, 0.15) is 12.1 Å². The monoisotopic (exact) mass is 431 g/mol. The number of carbonyl (C=O) groups excluding carboxylic acids is 1. The van der Waals surface area contributed by atoms with Crippen molar-refractivity contribution in [3.8, 4) is 16.8 Å². The van der Waals surface area contributed by atoms with Crippen molar-refractivity contribution in [1.82, 2.24) is 19.4 Å². The molecule has 0 aliphatic carbocycles. The zero-order valence-corrected chi connectivity index (χ0v) is 18.0. The van der Waals surface area contributed by atoms with E-state index in [0.29, 0.717) is 18.1 Å². The fourth-order valence-electron chi connectivity index (χ4n) is 4.18. The highest BCUT2D eigenvalue weighted by atomic mass is 35.5. The molecule has 1 amide bonds. The number of benzene rings is 2. The lowest BCUT2D eigenvalue weighted by Crippen LogP contribution is -2.48. The van der Waals surface area contributed by atoms with Crippen molar-refractivity contribution in [2.45, 2.75) is 6.92 Å². The molecule has 156 valence electrons. The number of amides is 1. The molecular formula is C24H22ClN5O. The quantitative estimate of drug-likeness (QED) is 0.482. The van der Waals surface area contributed by atoms with Crippen LogP contribution in [0.5, 0.6) is 0 Å². The first-order valence-electron chi connectivity index (χ1n) is 10.3. The summed E-state index contributed by atoms with van der Waals surface area (Å²) in [4.78, 5) is 25.2. The van der Waals surface area contributed by atoms with Crippen LogP contribution in [0.25, 0.3) is 27.8 Å². The number of hydrogen-bond donors (Lipinski definition) is 0. The topological polar surface area (TPSA) is 54.3 Å². The van der Waals surface area contributed by atoms with Crippen LogP contribution in [0.2, 0.25) is 5.02 Å². The number of carbonyl (C=O) groups is 1. The molecule has 0 N–H and O–H groups in total. The average Bonchev–Trinajstić information content (AvgIpc) is 3.20. The molecule has 1 aliphatic heterocycles. The fourth-order valence-corrected chi connectivity index (χ4v) is 4.36. The van der Waals surface area contributed by atoms with Crippen molar-refractivity contribution >= 4 is 34.4 Å². The number of nitrogens with zero attached hydrogens (tertiary/aromatic N) is 5. The van der Waals surface area contributed by atoms with E-state index in [1.165, 1.54) is 0 Å². The van der Waals surface area contributed by atoms with Gasteiger partial charge in [0.15, 0.2) is 5.65 Å². The SMILES string of the molecule is CC(=O)N1CCN(c2ncnc3c2c(-c2ccccc2)cn3-c2cccc(Cl)c2)CC1. The molecule has 3 heterocycles. The summed E-state index contributed by atoms with van der Waals surface area (Å²) in [5, 5.41) is 1.68. The number of anilines is 1. The lowest BCUT2D eigenvalue weighted by atomic mass is 10.1. The van der Waals surface area contributed by atoms with Gasteiger partial charge in [-0.1, -0.05) is 48.0 Å². The highest BCUT2D eigenvalue weighted by molar-refractivity contribution is 6.30. The molecule has 4 aromatic rings. The zero-order chi connectivity index (χ0) is 21.4. The first-order chi connectivity index (χ1) is 15.1. The normalized spacial score (nSPS) is 14.3. The van der Waals surface area contributed by atoms with Gasteiger partial charge >= 0.3 is 0 Å². The van der Waals surface area contributed by atoms with Crippen LogP contribution < -0.4 is 4.90 Å². The molecule has 1 fully saturated rings. The van der Waals surface area contributed by atoms with Crippen molar-refractivity contribution in [3.63, 3.8) is 0 Å². The Morgan fingerprint density at radius 1 is 0.968 bits per heavy atom. The molecule has 2 aromatic heterocycles.